The van der Waals surface area contributed by atoms with Gasteiger partial charge >= 0.3 is 6.03 Å². The molecule has 0 spiro atoms. The summed E-state index contributed by atoms with van der Waals surface area (Å²) in [5.74, 6) is 0. The Morgan fingerprint density at radius 3 is 2.68 bits per heavy atom. The number of anilines is 1. The lowest BCUT2D eigenvalue weighted by Gasteiger charge is -2.29. The maximum absolute atomic E-state index is 13.0. The molecule has 25 heavy (non-hydrogen) atoms. The Hall–Kier alpha value is -1.98. The molecule has 1 N–H and O–H groups in total. The maximum atomic E-state index is 13.0. The van der Waals surface area contributed by atoms with Crippen LogP contribution in [0.1, 0.15) is 25.5 Å². The summed E-state index contributed by atoms with van der Waals surface area (Å²) in [4.78, 5) is 19.3. The normalized spacial score (nSPS) is 17.7. The second-order valence-corrected chi connectivity index (χ2v) is 7.79. The summed E-state index contributed by atoms with van der Waals surface area (Å²) in [5.41, 5.74) is 1.73. The van der Waals surface area contributed by atoms with Gasteiger partial charge in [-0.3, -0.25) is 9.89 Å². The van der Waals surface area contributed by atoms with E-state index in [9.17, 15) is 4.79 Å². The number of nitrogens with one attached hydrogen (secondary N) is 1. The number of hydrogen-bond donors (Lipinski definition) is 1. The summed E-state index contributed by atoms with van der Waals surface area (Å²) in [6.45, 7) is 4.85. The molecule has 2 aromatic carbocycles. The van der Waals surface area contributed by atoms with Gasteiger partial charge in [0, 0.05) is 16.0 Å². The number of urea groups is 1. The molecule has 0 saturated heterocycles. The topological polar surface area (TPSA) is 44.7 Å². The van der Waals surface area contributed by atoms with Gasteiger partial charge in [0.05, 0.1) is 12.6 Å². The van der Waals surface area contributed by atoms with E-state index in [2.05, 4.69) is 17.2 Å². The van der Waals surface area contributed by atoms with Gasteiger partial charge in [0.1, 0.15) is 0 Å². The molecule has 6 heteroatoms. The van der Waals surface area contributed by atoms with Gasteiger partial charge in [0.2, 0.25) is 0 Å². The van der Waals surface area contributed by atoms with Gasteiger partial charge in [-0.25, -0.2) is 4.79 Å². The van der Waals surface area contributed by atoms with E-state index in [0.717, 1.165) is 17.3 Å². The average Bonchev–Trinajstić information content (AvgIpc) is 3.01. The number of carbonyl (C=O) groups is 1. The highest BCUT2D eigenvalue weighted by Gasteiger charge is 2.30. The molecule has 4 nitrogen and oxygen atoms in total. The highest BCUT2D eigenvalue weighted by atomic mass is 35.5. The van der Waals surface area contributed by atoms with Crippen molar-refractivity contribution in [2.75, 3.05) is 11.9 Å². The molecule has 1 heterocycles. The highest BCUT2D eigenvalue weighted by molar-refractivity contribution is 8.14. The van der Waals surface area contributed by atoms with Crippen molar-refractivity contribution in [2.45, 2.75) is 25.1 Å². The van der Waals surface area contributed by atoms with Gasteiger partial charge in [-0.15, -0.1) is 0 Å². The van der Waals surface area contributed by atoms with E-state index in [4.69, 9.17) is 11.6 Å². The first-order chi connectivity index (χ1) is 12.0. The van der Waals surface area contributed by atoms with Gasteiger partial charge < -0.3 is 5.32 Å². The van der Waals surface area contributed by atoms with E-state index in [1.54, 1.807) is 28.8 Å². The van der Waals surface area contributed by atoms with Crippen molar-refractivity contribution in [1.82, 2.24) is 4.90 Å². The second-order valence-electron chi connectivity index (χ2n) is 5.95. The highest BCUT2D eigenvalue weighted by Crippen LogP contribution is 2.30. The van der Waals surface area contributed by atoms with E-state index in [1.807, 2.05) is 49.4 Å². The third-order valence-electron chi connectivity index (χ3n) is 3.96. The van der Waals surface area contributed by atoms with Crippen LogP contribution in [0.5, 0.6) is 0 Å². The van der Waals surface area contributed by atoms with Gasteiger partial charge in [-0.05, 0) is 30.7 Å². The Labute approximate surface area is 157 Å². The molecule has 0 aliphatic carbocycles. The van der Waals surface area contributed by atoms with Crippen LogP contribution in [-0.4, -0.2) is 27.9 Å². The predicted molar refractivity (Wildman–Crippen MR) is 107 cm³/mol. The fourth-order valence-electron chi connectivity index (χ4n) is 2.65. The van der Waals surface area contributed by atoms with Crippen molar-refractivity contribution in [3.05, 3.63) is 65.2 Å². The van der Waals surface area contributed by atoms with Gasteiger partial charge in [-0.2, -0.15) is 0 Å². The molecule has 0 saturated carbocycles. The van der Waals surface area contributed by atoms with Crippen molar-refractivity contribution in [1.29, 1.82) is 0 Å². The average molecular weight is 374 g/mol. The standard InChI is InChI=1S/C19H20ClN3OS/c1-13-12-21-19(25-13)23(14(2)15-7-4-3-5-8-15)18(24)22-17-10-6-9-16(20)11-17/h3-11,13-14H,12H2,1-2H3,(H,22,24)/t13-,14+/m1/s1. The minimum atomic E-state index is -0.209. The lowest BCUT2D eigenvalue weighted by atomic mass is 10.1. The molecule has 0 unspecified atom stereocenters. The van der Waals surface area contributed by atoms with E-state index in [-0.39, 0.29) is 12.1 Å². The van der Waals surface area contributed by atoms with Crippen molar-refractivity contribution >= 4 is 40.2 Å². The van der Waals surface area contributed by atoms with Crippen LogP contribution < -0.4 is 5.32 Å². The molecule has 0 fully saturated rings. The van der Waals surface area contributed by atoms with Crippen LogP contribution in [0.15, 0.2) is 59.6 Å². The molecule has 2 aromatic rings. The van der Waals surface area contributed by atoms with Gasteiger partial charge in [-0.1, -0.05) is 66.7 Å². The maximum Gasteiger partial charge on any atom is 0.328 e. The summed E-state index contributed by atoms with van der Waals surface area (Å²) in [6, 6.07) is 16.8. The van der Waals surface area contributed by atoms with Crippen molar-refractivity contribution in [3.63, 3.8) is 0 Å². The number of aliphatic imine (C=N–C) groups is 1. The van der Waals surface area contributed by atoms with Crippen molar-refractivity contribution in [3.8, 4) is 0 Å². The Balaban J connectivity index is 1.87. The zero-order chi connectivity index (χ0) is 17.8. The van der Waals surface area contributed by atoms with Crippen molar-refractivity contribution in [2.24, 2.45) is 4.99 Å². The molecule has 2 atom stereocenters. The number of halogens is 1. The van der Waals surface area contributed by atoms with Gasteiger partial charge in [0.15, 0.2) is 5.17 Å². The summed E-state index contributed by atoms with van der Waals surface area (Å²) >= 11 is 7.65. The van der Waals surface area contributed by atoms with E-state index < -0.39 is 0 Å². The molecule has 0 radical (unpaired) electrons. The molecule has 1 aliphatic heterocycles. The molecule has 3 rings (SSSR count). The minimum Gasteiger partial charge on any atom is -0.307 e. The Morgan fingerprint density at radius 2 is 2.04 bits per heavy atom. The van der Waals surface area contributed by atoms with E-state index in [0.29, 0.717) is 16.0 Å². The second kappa shape index (κ2) is 7.93. The molecular formula is C19H20ClN3OS. The number of thioether (sulfide) groups is 1. The van der Waals surface area contributed by atoms with Crippen LogP contribution in [0.2, 0.25) is 5.02 Å². The smallest absolute Gasteiger partial charge is 0.307 e. The van der Waals surface area contributed by atoms with Crippen LogP contribution in [0.25, 0.3) is 0 Å². The third kappa shape index (κ3) is 4.35. The summed E-state index contributed by atoms with van der Waals surface area (Å²) < 4.78 is 0. The fraction of sp³-hybridized carbons (Fsp3) is 0.263. The van der Waals surface area contributed by atoms with Crippen LogP contribution in [0.4, 0.5) is 10.5 Å². The predicted octanol–water partition coefficient (Wildman–Crippen LogP) is 5.43. The van der Waals surface area contributed by atoms with Crippen LogP contribution in [-0.2, 0) is 0 Å². The molecule has 1 aliphatic rings. The van der Waals surface area contributed by atoms with E-state index in [1.165, 1.54) is 0 Å². The number of nitrogens with zero attached hydrogens (tertiary/aromatic N) is 2. The molecule has 0 aromatic heterocycles. The summed E-state index contributed by atoms with van der Waals surface area (Å²) in [7, 11) is 0. The Morgan fingerprint density at radius 1 is 1.28 bits per heavy atom. The first-order valence-corrected chi connectivity index (χ1v) is 9.42. The first kappa shape index (κ1) is 17.8. The molecule has 2 amide bonds. The number of benzene rings is 2. The lowest BCUT2D eigenvalue weighted by Crippen LogP contribution is -2.40. The SMILES string of the molecule is C[C@@H]1CN=C(N(C(=O)Nc2cccc(Cl)c2)[C@@H](C)c2ccccc2)S1. The molecule has 130 valence electrons. The molecule has 0 bridgehead atoms. The zero-order valence-electron chi connectivity index (χ0n) is 14.1. The largest absolute Gasteiger partial charge is 0.328 e. The Kier molecular flexibility index (Phi) is 5.66. The van der Waals surface area contributed by atoms with Crippen LogP contribution in [0.3, 0.4) is 0 Å². The zero-order valence-corrected chi connectivity index (χ0v) is 15.7. The van der Waals surface area contributed by atoms with Crippen LogP contribution in [0, 0.1) is 0 Å². The van der Waals surface area contributed by atoms with E-state index >= 15 is 0 Å². The fourth-order valence-corrected chi connectivity index (χ4v) is 3.86. The number of hydrogen-bond acceptors (Lipinski definition) is 3. The lowest BCUT2D eigenvalue weighted by molar-refractivity contribution is 0.225. The number of amides is 2. The van der Waals surface area contributed by atoms with Gasteiger partial charge in [0.25, 0.3) is 0 Å². The number of rotatable bonds is 3. The quantitative estimate of drug-likeness (QED) is 0.779. The number of amidine groups is 1. The first-order valence-electron chi connectivity index (χ1n) is 8.16. The summed E-state index contributed by atoms with van der Waals surface area (Å²) in [6.07, 6.45) is 0. The monoisotopic (exact) mass is 373 g/mol. The summed E-state index contributed by atoms with van der Waals surface area (Å²) in [5, 5.41) is 4.65. The Bertz CT molecular complexity index is 781. The van der Waals surface area contributed by atoms with Crippen LogP contribution >= 0.6 is 23.4 Å². The van der Waals surface area contributed by atoms with Crippen molar-refractivity contribution < 1.29 is 4.79 Å². The minimum absolute atomic E-state index is 0.128. The molecular weight excluding hydrogens is 354 g/mol. The third-order valence-corrected chi connectivity index (χ3v) is 5.28. The number of carbonyl (C=O) groups excluding carboxylic acids is 1.